The van der Waals surface area contributed by atoms with Crippen LogP contribution in [0.25, 0.3) is 0 Å². The Morgan fingerprint density at radius 2 is 1.17 bits per heavy atom. The third-order valence-electron chi connectivity index (χ3n) is 8.34. The van der Waals surface area contributed by atoms with Crippen LogP contribution in [0.2, 0.25) is 0 Å². The zero-order valence-corrected chi connectivity index (χ0v) is 24.3. The molecule has 0 aromatic heterocycles. The van der Waals surface area contributed by atoms with Crippen molar-refractivity contribution >= 4 is 23.2 Å². The van der Waals surface area contributed by atoms with E-state index in [4.69, 9.17) is 5.73 Å². The molecule has 0 heterocycles. The van der Waals surface area contributed by atoms with Crippen molar-refractivity contribution in [1.82, 2.24) is 0 Å². The van der Waals surface area contributed by atoms with Crippen LogP contribution < -0.4 is 15.5 Å². The average molecular weight is 555 g/mol. The van der Waals surface area contributed by atoms with Gasteiger partial charge in [-0.3, -0.25) is 9.59 Å². The van der Waals surface area contributed by atoms with Gasteiger partial charge in [0.1, 0.15) is 0 Å². The maximum Gasteiger partial charge on any atom is 0.256 e. The Morgan fingerprint density at radius 1 is 0.714 bits per heavy atom. The molecule has 0 radical (unpaired) electrons. The molecule has 1 aliphatic carbocycles. The number of rotatable bonds is 6. The molecule has 2 amide bonds. The van der Waals surface area contributed by atoms with Gasteiger partial charge < -0.3 is 15.5 Å². The molecular weight excluding hydrogens is 520 g/mol. The summed E-state index contributed by atoms with van der Waals surface area (Å²) >= 11 is 0. The summed E-state index contributed by atoms with van der Waals surface area (Å²) in [6.45, 7) is 3.98. The Kier molecular flexibility index (Phi) is 7.69. The lowest BCUT2D eigenvalue weighted by molar-refractivity contribution is -0.124. The van der Waals surface area contributed by atoms with Gasteiger partial charge in [0.15, 0.2) is 5.41 Å². The van der Waals surface area contributed by atoms with E-state index in [2.05, 4.69) is 6.07 Å². The number of nitriles is 1. The van der Waals surface area contributed by atoms with Gasteiger partial charge in [0, 0.05) is 48.6 Å². The molecule has 0 unspecified atom stereocenters. The first kappa shape index (κ1) is 28.4. The van der Waals surface area contributed by atoms with Crippen molar-refractivity contribution < 1.29 is 9.59 Å². The smallest absolute Gasteiger partial charge is 0.256 e. The summed E-state index contributed by atoms with van der Waals surface area (Å²) in [5, 5.41) is 11.1. The summed E-state index contributed by atoms with van der Waals surface area (Å²) in [4.78, 5) is 32.1. The number of carbonyl (C=O) groups is 2. The molecule has 0 fully saturated rings. The molecule has 1 aliphatic rings. The maximum absolute atomic E-state index is 14.7. The van der Waals surface area contributed by atoms with E-state index < -0.39 is 23.2 Å². The molecule has 6 nitrogen and oxygen atoms in total. The minimum Gasteiger partial charge on any atom is -0.400 e. The topological polar surface area (TPSA) is 90.4 Å². The zero-order valence-electron chi connectivity index (χ0n) is 24.3. The largest absolute Gasteiger partial charge is 0.400 e. The number of anilines is 2. The fourth-order valence-electron chi connectivity index (χ4n) is 5.97. The number of aryl methyl sites for hydroxylation is 2. The number of hydrogen-bond donors (Lipinski definition) is 1. The monoisotopic (exact) mass is 554 g/mol. The van der Waals surface area contributed by atoms with Crippen molar-refractivity contribution in [1.29, 1.82) is 5.26 Å². The molecule has 6 heteroatoms. The van der Waals surface area contributed by atoms with Crippen molar-refractivity contribution in [2.45, 2.75) is 25.7 Å². The molecule has 210 valence electrons. The number of hydrogen-bond acceptors (Lipinski definition) is 4. The van der Waals surface area contributed by atoms with Gasteiger partial charge in [-0.05, 0) is 49.2 Å². The minimum absolute atomic E-state index is 0.0123. The summed E-state index contributed by atoms with van der Waals surface area (Å²) in [5.41, 5.74) is 10.4. The first-order valence-corrected chi connectivity index (χ1v) is 13.9. The van der Waals surface area contributed by atoms with Crippen LogP contribution in [-0.2, 0) is 9.59 Å². The standard InChI is InChI=1S/C36H34N4O2/c1-24-15-19-26(20-16-24)30-31(34(41)39(3)28-11-7-5-8-12-28)33(38)36(23-37,32(30)27-21-17-25(2)18-22-27)35(42)40(4)29-13-9-6-10-14-29/h5-22,30,32H,38H2,1-4H3/t30-,32+,36-/m1/s1. The molecule has 4 aromatic rings. The summed E-state index contributed by atoms with van der Waals surface area (Å²) < 4.78 is 0. The second-order valence-electron chi connectivity index (χ2n) is 10.9. The highest BCUT2D eigenvalue weighted by atomic mass is 16.2. The normalized spacial score (nSPS) is 19.7. The van der Waals surface area contributed by atoms with Crippen LogP contribution in [-0.4, -0.2) is 25.9 Å². The van der Waals surface area contributed by atoms with Gasteiger partial charge in [-0.1, -0.05) is 96.1 Å². The van der Waals surface area contributed by atoms with Gasteiger partial charge in [0.05, 0.1) is 6.07 Å². The number of para-hydroxylation sites is 2. The molecule has 0 saturated carbocycles. The number of benzene rings is 4. The van der Waals surface area contributed by atoms with Gasteiger partial charge in [0.25, 0.3) is 11.8 Å². The molecule has 3 atom stereocenters. The predicted octanol–water partition coefficient (Wildman–Crippen LogP) is 6.23. The Hall–Kier alpha value is -5.15. The second kappa shape index (κ2) is 11.4. The fraction of sp³-hybridized carbons (Fsp3) is 0.194. The van der Waals surface area contributed by atoms with E-state index in [-0.39, 0.29) is 17.2 Å². The average Bonchev–Trinajstić information content (AvgIpc) is 3.29. The molecular formula is C36H34N4O2. The van der Waals surface area contributed by atoms with Crippen LogP contribution in [0.3, 0.4) is 0 Å². The first-order valence-electron chi connectivity index (χ1n) is 13.9. The molecule has 4 aromatic carbocycles. The molecule has 0 bridgehead atoms. The minimum atomic E-state index is -1.85. The third-order valence-corrected chi connectivity index (χ3v) is 8.34. The van der Waals surface area contributed by atoms with E-state index in [0.717, 1.165) is 22.3 Å². The second-order valence-corrected chi connectivity index (χ2v) is 10.9. The summed E-state index contributed by atoms with van der Waals surface area (Å²) in [7, 11) is 3.34. The lowest BCUT2D eigenvalue weighted by Gasteiger charge is -2.35. The number of nitrogens with two attached hydrogens (primary N) is 1. The number of nitrogens with zero attached hydrogens (tertiary/aromatic N) is 3. The lowest BCUT2D eigenvalue weighted by Crippen LogP contribution is -2.47. The quantitative estimate of drug-likeness (QED) is 0.306. The van der Waals surface area contributed by atoms with Crippen molar-refractivity contribution in [3.05, 3.63) is 143 Å². The van der Waals surface area contributed by atoms with Crippen LogP contribution in [0.1, 0.15) is 34.1 Å². The van der Waals surface area contributed by atoms with Crippen molar-refractivity contribution in [2.24, 2.45) is 11.1 Å². The van der Waals surface area contributed by atoms with E-state index in [0.29, 0.717) is 11.4 Å². The summed E-state index contributed by atoms with van der Waals surface area (Å²) in [6, 6.07) is 36.5. The number of carbonyl (C=O) groups excluding carboxylic acids is 2. The summed E-state index contributed by atoms with van der Waals surface area (Å²) in [6.07, 6.45) is 0. The van der Waals surface area contributed by atoms with Crippen molar-refractivity contribution in [3.8, 4) is 6.07 Å². The fourth-order valence-corrected chi connectivity index (χ4v) is 5.97. The molecule has 0 aliphatic heterocycles. The Labute approximate surface area is 247 Å². The zero-order chi connectivity index (χ0) is 30.0. The van der Waals surface area contributed by atoms with Gasteiger partial charge in [-0.25, -0.2) is 0 Å². The Morgan fingerprint density at radius 3 is 1.64 bits per heavy atom. The van der Waals surface area contributed by atoms with E-state index in [9.17, 15) is 14.9 Å². The summed E-state index contributed by atoms with van der Waals surface area (Å²) in [5.74, 6) is -2.25. The molecule has 5 rings (SSSR count). The van der Waals surface area contributed by atoms with E-state index in [1.807, 2.05) is 123 Å². The van der Waals surface area contributed by atoms with E-state index in [1.54, 1.807) is 14.1 Å². The number of amides is 2. The van der Waals surface area contributed by atoms with Crippen molar-refractivity contribution in [2.75, 3.05) is 23.9 Å². The first-order chi connectivity index (χ1) is 20.2. The van der Waals surface area contributed by atoms with E-state index in [1.165, 1.54) is 9.80 Å². The molecule has 2 N–H and O–H groups in total. The van der Waals surface area contributed by atoms with Gasteiger partial charge in [-0.15, -0.1) is 0 Å². The van der Waals surface area contributed by atoms with Crippen LogP contribution in [0, 0.1) is 30.6 Å². The maximum atomic E-state index is 14.7. The molecule has 0 spiro atoms. The highest BCUT2D eigenvalue weighted by molar-refractivity contribution is 6.11. The Balaban J connectivity index is 1.79. The highest BCUT2D eigenvalue weighted by Gasteiger charge is 2.62. The van der Waals surface area contributed by atoms with Gasteiger partial charge >= 0.3 is 0 Å². The van der Waals surface area contributed by atoms with Gasteiger partial charge in [-0.2, -0.15) is 5.26 Å². The third kappa shape index (κ3) is 4.73. The number of likely N-dealkylation sites (N-methyl/N-ethyl adjacent to an activating group) is 1. The van der Waals surface area contributed by atoms with Crippen LogP contribution >= 0.6 is 0 Å². The Bertz CT molecular complexity index is 1670. The van der Waals surface area contributed by atoms with Crippen LogP contribution in [0.15, 0.2) is 120 Å². The van der Waals surface area contributed by atoms with Crippen LogP contribution in [0.4, 0.5) is 11.4 Å². The molecule has 42 heavy (non-hydrogen) atoms. The van der Waals surface area contributed by atoms with Crippen molar-refractivity contribution in [3.63, 3.8) is 0 Å². The lowest BCUT2D eigenvalue weighted by atomic mass is 9.68. The highest BCUT2D eigenvalue weighted by Crippen LogP contribution is 2.59. The van der Waals surface area contributed by atoms with Crippen LogP contribution in [0.5, 0.6) is 0 Å². The van der Waals surface area contributed by atoms with E-state index >= 15 is 0 Å². The SMILES string of the molecule is Cc1ccc([C@@H]2C(C(=O)N(C)c3ccccc3)=C(N)[C@](C#N)(C(=O)N(C)c3ccccc3)[C@H]2c2ccc(C)cc2)cc1. The predicted molar refractivity (Wildman–Crippen MR) is 167 cm³/mol. The van der Waals surface area contributed by atoms with Gasteiger partial charge in [0.2, 0.25) is 0 Å². The molecule has 0 saturated heterocycles.